The van der Waals surface area contributed by atoms with Crippen LogP contribution in [0.25, 0.3) is 0 Å². The lowest BCUT2D eigenvalue weighted by Gasteiger charge is -2.30. The van der Waals surface area contributed by atoms with Gasteiger partial charge < -0.3 is 32.1 Å². The predicted molar refractivity (Wildman–Crippen MR) is 125 cm³/mol. The van der Waals surface area contributed by atoms with Gasteiger partial charge in [-0.25, -0.2) is 4.79 Å². The highest BCUT2D eigenvalue weighted by atomic mass is 32.2. The zero-order valence-corrected chi connectivity index (χ0v) is 20.4. The molecule has 1 aliphatic rings. The maximum absolute atomic E-state index is 13.3. The Kier molecular flexibility index (Phi) is 12.2. The Hall–Kier alpha value is -2.34. The number of rotatable bonds is 14. The first kappa shape index (κ1) is 28.7. The molecule has 33 heavy (non-hydrogen) atoms. The predicted octanol–water partition coefficient (Wildman–Crippen LogP) is -0.576. The number of aliphatic carboxylic acids is 1. The van der Waals surface area contributed by atoms with Crippen molar-refractivity contribution in [1.29, 1.82) is 0 Å². The summed E-state index contributed by atoms with van der Waals surface area (Å²) in [6.45, 7) is 3.91. The van der Waals surface area contributed by atoms with Crippen molar-refractivity contribution in [3.05, 3.63) is 0 Å². The Labute approximate surface area is 198 Å². The highest BCUT2D eigenvalue weighted by molar-refractivity contribution is 7.98. The Morgan fingerprint density at radius 3 is 2.39 bits per heavy atom. The minimum absolute atomic E-state index is 0.0483. The van der Waals surface area contributed by atoms with E-state index in [-0.39, 0.29) is 18.8 Å². The molecule has 0 spiro atoms. The molecule has 0 aromatic heterocycles. The third-order valence-corrected chi connectivity index (χ3v) is 6.52. The van der Waals surface area contributed by atoms with Crippen molar-refractivity contribution in [3.63, 3.8) is 0 Å². The first-order chi connectivity index (χ1) is 15.5. The monoisotopic (exact) mass is 487 g/mol. The number of carboxylic acid groups (broad SMARTS) is 1. The van der Waals surface area contributed by atoms with Crippen LogP contribution in [0.5, 0.6) is 0 Å². The van der Waals surface area contributed by atoms with Crippen molar-refractivity contribution in [3.8, 4) is 0 Å². The second-order valence-electron chi connectivity index (χ2n) is 8.35. The third-order valence-electron chi connectivity index (χ3n) is 5.88. The van der Waals surface area contributed by atoms with Crippen molar-refractivity contribution >= 4 is 41.4 Å². The zero-order chi connectivity index (χ0) is 25.1. The van der Waals surface area contributed by atoms with Gasteiger partial charge in [-0.3, -0.25) is 19.2 Å². The molecule has 12 heteroatoms. The Morgan fingerprint density at radius 1 is 1.18 bits per heavy atom. The molecule has 4 amide bonds. The van der Waals surface area contributed by atoms with Gasteiger partial charge in [0, 0.05) is 13.0 Å². The van der Waals surface area contributed by atoms with E-state index in [4.69, 9.17) is 11.5 Å². The van der Waals surface area contributed by atoms with Crippen LogP contribution in [-0.2, 0) is 24.0 Å². The summed E-state index contributed by atoms with van der Waals surface area (Å²) in [7, 11) is 0. The Morgan fingerprint density at radius 2 is 1.85 bits per heavy atom. The fourth-order valence-corrected chi connectivity index (χ4v) is 4.11. The van der Waals surface area contributed by atoms with Crippen molar-refractivity contribution in [2.24, 2.45) is 17.4 Å². The van der Waals surface area contributed by atoms with Gasteiger partial charge in [0.1, 0.15) is 18.1 Å². The van der Waals surface area contributed by atoms with Gasteiger partial charge in [-0.1, -0.05) is 20.3 Å². The first-order valence-corrected chi connectivity index (χ1v) is 12.6. The van der Waals surface area contributed by atoms with Crippen LogP contribution in [0, 0.1) is 5.92 Å². The number of hydrogen-bond donors (Lipinski definition) is 5. The summed E-state index contributed by atoms with van der Waals surface area (Å²) in [6.07, 6.45) is 3.79. The summed E-state index contributed by atoms with van der Waals surface area (Å²) >= 11 is 1.50. The SMILES string of the molecule is CCC(C)C(NC(=O)C1CCCN1C(=O)C(CCSC)NC(=O)C(N)CCC(N)=O)C(=O)O. The minimum Gasteiger partial charge on any atom is -0.480 e. The molecule has 0 radical (unpaired) electrons. The maximum atomic E-state index is 13.3. The molecule has 0 aromatic carbocycles. The van der Waals surface area contributed by atoms with E-state index in [0.29, 0.717) is 38.0 Å². The molecule has 1 saturated heterocycles. The molecule has 0 bridgehead atoms. The lowest BCUT2D eigenvalue weighted by Crippen LogP contribution is -2.57. The fourth-order valence-electron chi connectivity index (χ4n) is 3.64. The van der Waals surface area contributed by atoms with E-state index in [0.717, 1.165) is 0 Å². The Bertz CT molecular complexity index is 721. The standard InChI is InChI=1S/C21H37N5O6S/c1-4-12(2)17(21(31)32)25-19(29)15-6-5-10-26(15)20(30)14(9-11-33-3)24-18(28)13(22)7-8-16(23)27/h12-15,17H,4-11,22H2,1-3H3,(H2,23,27)(H,24,28)(H,25,29)(H,31,32). The van der Waals surface area contributed by atoms with E-state index in [1.54, 1.807) is 6.92 Å². The molecule has 1 heterocycles. The van der Waals surface area contributed by atoms with Gasteiger partial charge in [-0.05, 0) is 43.6 Å². The molecule has 11 nitrogen and oxygen atoms in total. The summed E-state index contributed by atoms with van der Waals surface area (Å²) in [5.74, 6) is -2.87. The molecule has 7 N–H and O–H groups in total. The number of nitrogens with zero attached hydrogens (tertiary/aromatic N) is 1. The number of primary amides is 1. The zero-order valence-electron chi connectivity index (χ0n) is 19.5. The summed E-state index contributed by atoms with van der Waals surface area (Å²) in [6, 6.07) is -3.73. The molecular weight excluding hydrogens is 450 g/mol. The fraction of sp³-hybridized carbons (Fsp3) is 0.762. The number of nitrogens with one attached hydrogen (secondary N) is 2. The summed E-state index contributed by atoms with van der Waals surface area (Å²) in [5, 5.41) is 14.7. The molecule has 5 atom stereocenters. The van der Waals surface area contributed by atoms with Crippen LogP contribution < -0.4 is 22.1 Å². The average Bonchev–Trinajstić information content (AvgIpc) is 3.26. The molecule has 5 unspecified atom stereocenters. The van der Waals surface area contributed by atoms with Gasteiger partial charge in [-0.15, -0.1) is 0 Å². The Balaban J connectivity index is 2.92. The molecule has 0 saturated carbocycles. The van der Waals surface area contributed by atoms with Gasteiger partial charge in [0.25, 0.3) is 0 Å². The van der Waals surface area contributed by atoms with Crippen molar-refractivity contribution < 1.29 is 29.1 Å². The minimum atomic E-state index is -1.12. The average molecular weight is 488 g/mol. The molecule has 188 valence electrons. The number of carboxylic acids is 1. The quantitative estimate of drug-likeness (QED) is 0.215. The number of likely N-dealkylation sites (tertiary alicyclic amines) is 1. The van der Waals surface area contributed by atoms with Crippen LogP contribution in [0.3, 0.4) is 0 Å². The van der Waals surface area contributed by atoms with Gasteiger partial charge in [0.05, 0.1) is 6.04 Å². The lowest BCUT2D eigenvalue weighted by molar-refractivity contribution is -0.146. The molecule has 1 aliphatic heterocycles. The van der Waals surface area contributed by atoms with E-state index in [9.17, 15) is 29.1 Å². The first-order valence-electron chi connectivity index (χ1n) is 11.2. The van der Waals surface area contributed by atoms with Crippen molar-refractivity contribution in [2.45, 2.75) is 76.5 Å². The van der Waals surface area contributed by atoms with Crippen molar-refractivity contribution in [1.82, 2.24) is 15.5 Å². The highest BCUT2D eigenvalue weighted by Crippen LogP contribution is 2.21. The molecule has 0 aliphatic carbocycles. The number of nitrogens with two attached hydrogens (primary N) is 2. The van der Waals surface area contributed by atoms with Gasteiger partial charge in [-0.2, -0.15) is 11.8 Å². The molecule has 0 aromatic rings. The van der Waals surface area contributed by atoms with Crippen LogP contribution >= 0.6 is 11.8 Å². The second-order valence-corrected chi connectivity index (χ2v) is 9.34. The third kappa shape index (κ3) is 8.84. The number of carbonyl (C=O) groups is 5. The van der Waals surface area contributed by atoms with Crippen LogP contribution in [0.4, 0.5) is 0 Å². The van der Waals surface area contributed by atoms with Crippen LogP contribution in [0.1, 0.15) is 52.4 Å². The van der Waals surface area contributed by atoms with E-state index in [1.807, 2.05) is 13.2 Å². The van der Waals surface area contributed by atoms with E-state index in [1.165, 1.54) is 16.7 Å². The smallest absolute Gasteiger partial charge is 0.326 e. The second kappa shape index (κ2) is 14.0. The molecule has 1 fully saturated rings. The van der Waals surface area contributed by atoms with E-state index in [2.05, 4.69) is 10.6 Å². The topological polar surface area (TPSA) is 185 Å². The largest absolute Gasteiger partial charge is 0.480 e. The van der Waals surface area contributed by atoms with Gasteiger partial charge in [0.15, 0.2) is 0 Å². The van der Waals surface area contributed by atoms with E-state index < -0.39 is 53.8 Å². The highest BCUT2D eigenvalue weighted by Gasteiger charge is 2.39. The van der Waals surface area contributed by atoms with Gasteiger partial charge in [0.2, 0.25) is 23.6 Å². The lowest BCUT2D eigenvalue weighted by atomic mass is 9.98. The summed E-state index contributed by atoms with van der Waals surface area (Å²) < 4.78 is 0. The van der Waals surface area contributed by atoms with Gasteiger partial charge >= 0.3 is 5.97 Å². The van der Waals surface area contributed by atoms with Crippen LogP contribution in [0.2, 0.25) is 0 Å². The molecular formula is C21H37N5O6S. The van der Waals surface area contributed by atoms with Crippen LogP contribution in [-0.4, -0.2) is 82.3 Å². The summed E-state index contributed by atoms with van der Waals surface area (Å²) in [5.41, 5.74) is 10.9. The molecule has 1 rings (SSSR count). The number of thioether (sulfide) groups is 1. The number of hydrogen-bond acceptors (Lipinski definition) is 7. The maximum Gasteiger partial charge on any atom is 0.326 e. The number of carbonyl (C=O) groups excluding carboxylic acids is 4. The van der Waals surface area contributed by atoms with Crippen LogP contribution in [0.15, 0.2) is 0 Å². The summed E-state index contributed by atoms with van der Waals surface area (Å²) in [4.78, 5) is 62.6. The van der Waals surface area contributed by atoms with E-state index >= 15 is 0 Å². The van der Waals surface area contributed by atoms with Crippen molar-refractivity contribution in [2.75, 3.05) is 18.6 Å². The number of amides is 4. The normalized spacial score (nSPS) is 19.3.